The molecule has 0 bridgehead atoms. The van der Waals surface area contributed by atoms with E-state index in [1.54, 1.807) is 5.01 Å². The Morgan fingerprint density at radius 1 is 1.06 bits per heavy atom. The van der Waals surface area contributed by atoms with Crippen LogP contribution in [0.4, 0.5) is 0 Å². The summed E-state index contributed by atoms with van der Waals surface area (Å²) >= 11 is 0. The van der Waals surface area contributed by atoms with Gasteiger partial charge in [0, 0.05) is 13.0 Å². The highest BCUT2D eigenvalue weighted by atomic mass is 16.4. The summed E-state index contributed by atoms with van der Waals surface area (Å²) < 4.78 is 0. The normalized spacial score (nSPS) is 25.4. The molecule has 33 heavy (non-hydrogen) atoms. The van der Waals surface area contributed by atoms with E-state index in [1.807, 2.05) is 30.3 Å². The third-order valence-electron chi connectivity index (χ3n) is 7.27. The summed E-state index contributed by atoms with van der Waals surface area (Å²) in [5, 5.41) is 32.2. The van der Waals surface area contributed by atoms with Crippen LogP contribution in [0.5, 0.6) is 0 Å². The molecular weight excluding hydrogens is 420 g/mol. The summed E-state index contributed by atoms with van der Waals surface area (Å²) in [6, 6.07) is 9.32. The number of ketones is 1. The molecule has 4 atom stereocenters. The van der Waals surface area contributed by atoms with Crippen LogP contribution in [-0.4, -0.2) is 57.0 Å². The number of carboxylic acid groups (broad SMARTS) is 1. The van der Waals surface area contributed by atoms with Crippen molar-refractivity contribution in [2.24, 2.45) is 11.8 Å². The Balaban J connectivity index is 1.59. The standard InChI is InChI=1S/C26H40N2O5/c29-23(20-13-7-4-8-14-20)18-27-28-22(15-9-1-2-10-16-24(30)31)25(32)21(26(28)33)17-19-11-5-3-6-12-19/h3,5-6,11-12,20-23,26-27,29,33H,1-2,4,7-10,13-18H2,(H,30,31). The second kappa shape index (κ2) is 13.2. The van der Waals surface area contributed by atoms with Gasteiger partial charge in [-0.05, 0) is 43.6 Å². The third kappa shape index (κ3) is 7.60. The van der Waals surface area contributed by atoms with Crippen molar-refractivity contribution in [2.75, 3.05) is 6.54 Å². The number of nitrogens with zero attached hydrogens (tertiary/aromatic N) is 1. The zero-order valence-corrected chi connectivity index (χ0v) is 19.6. The number of aliphatic hydroxyl groups excluding tert-OH is 2. The van der Waals surface area contributed by atoms with Crippen molar-refractivity contribution in [1.82, 2.24) is 10.4 Å². The SMILES string of the molecule is O=C(O)CCCCCCC1C(=O)C(Cc2ccccc2)C(O)N1NCC(O)C1CCCCC1. The van der Waals surface area contributed by atoms with Gasteiger partial charge in [0.05, 0.1) is 18.1 Å². The molecule has 1 aromatic rings. The largest absolute Gasteiger partial charge is 0.481 e. The van der Waals surface area contributed by atoms with Crippen molar-refractivity contribution in [1.29, 1.82) is 0 Å². The molecule has 1 aromatic carbocycles. The number of benzene rings is 1. The second-order valence-corrected chi connectivity index (χ2v) is 9.71. The molecule has 0 amide bonds. The Bertz CT molecular complexity index is 737. The third-order valence-corrected chi connectivity index (χ3v) is 7.27. The first-order chi connectivity index (χ1) is 16.0. The van der Waals surface area contributed by atoms with E-state index >= 15 is 0 Å². The van der Waals surface area contributed by atoms with Gasteiger partial charge in [-0.2, -0.15) is 0 Å². The first-order valence-electron chi connectivity index (χ1n) is 12.6. The molecule has 1 heterocycles. The number of Topliss-reactive ketones (excluding diaryl/α,β-unsaturated/α-hetero) is 1. The predicted molar refractivity (Wildman–Crippen MR) is 126 cm³/mol. The Labute approximate surface area is 197 Å². The van der Waals surface area contributed by atoms with Gasteiger partial charge in [0.1, 0.15) is 6.23 Å². The summed E-state index contributed by atoms with van der Waals surface area (Å²) in [5.41, 5.74) is 4.25. The van der Waals surface area contributed by atoms with Gasteiger partial charge in [0.2, 0.25) is 0 Å². The van der Waals surface area contributed by atoms with E-state index in [0.717, 1.165) is 50.5 Å². The summed E-state index contributed by atoms with van der Waals surface area (Å²) in [6.45, 7) is 0.335. The van der Waals surface area contributed by atoms with Crippen LogP contribution in [0.25, 0.3) is 0 Å². The fourth-order valence-corrected chi connectivity index (χ4v) is 5.32. The van der Waals surface area contributed by atoms with Crippen molar-refractivity contribution in [3.05, 3.63) is 35.9 Å². The molecule has 1 saturated heterocycles. The van der Waals surface area contributed by atoms with E-state index in [9.17, 15) is 19.8 Å². The number of aliphatic hydroxyl groups is 2. The van der Waals surface area contributed by atoms with Gasteiger partial charge in [-0.1, -0.05) is 68.9 Å². The average molecular weight is 461 g/mol. The van der Waals surface area contributed by atoms with Crippen molar-refractivity contribution in [2.45, 2.75) is 95.4 Å². The number of nitrogens with one attached hydrogen (secondary N) is 1. The molecule has 1 saturated carbocycles. The maximum Gasteiger partial charge on any atom is 0.303 e. The molecule has 4 unspecified atom stereocenters. The van der Waals surface area contributed by atoms with Gasteiger partial charge in [-0.25, -0.2) is 10.4 Å². The average Bonchev–Trinajstić information content (AvgIpc) is 3.04. The van der Waals surface area contributed by atoms with Crippen LogP contribution in [0.3, 0.4) is 0 Å². The maximum absolute atomic E-state index is 13.3. The number of unbranched alkanes of at least 4 members (excludes halogenated alkanes) is 3. The van der Waals surface area contributed by atoms with E-state index < -0.39 is 30.3 Å². The monoisotopic (exact) mass is 460 g/mol. The van der Waals surface area contributed by atoms with Crippen LogP contribution in [0, 0.1) is 11.8 Å². The van der Waals surface area contributed by atoms with Crippen LogP contribution in [-0.2, 0) is 16.0 Å². The highest BCUT2D eigenvalue weighted by Crippen LogP contribution is 2.31. The molecule has 1 aliphatic carbocycles. The summed E-state index contributed by atoms with van der Waals surface area (Å²) in [5.74, 6) is -0.977. The van der Waals surface area contributed by atoms with E-state index in [4.69, 9.17) is 5.11 Å². The number of carbonyl (C=O) groups excluding carboxylic acids is 1. The number of carbonyl (C=O) groups is 2. The number of hydrazine groups is 1. The fourth-order valence-electron chi connectivity index (χ4n) is 5.32. The van der Waals surface area contributed by atoms with Crippen molar-refractivity contribution >= 4 is 11.8 Å². The fraction of sp³-hybridized carbons (Fsp3) is 0.692. The Hall–Kier alpha value is -1.80. The quantitative estimate of drug-likeness (QED) is 0.334. The van der Waals surface area contributed by atoms with Crippen molar-refractivity contribution in [3.63, 3.8) is 0 Å². The molecule has 0 aromatic heterocycles. The zero-order valence-electron chi connectivity index (χ0n) is 19.6. The lowest BCUT2D eigenvalue weighted by molar-refractivity contribution is -0.137. The molecular formula is C26H40N2O5. The topological polar surface area (TPSA) is 110 Å². The molecule has 7 nitrogen and oxygen atoms in total. The lowest BCUT2D eigenvalue weighted by Gasteiger charge is -2.32. The van der Waals surface area contributed by atoms with Gasteiger partial charge < -0.3 is 15.3 Å². The molecule has 184 valence electrons. The molecule has 2 fully saturated rings. The molecule has 7 heteroatoms. The van der Waals surface area contributed by atoms with Crippen molar-refractivity contribution in [3.8, 4) is 0 Å². The minimum Gasteiger partial charge on any atom is -0.481 e. The predicted octanol–water partition coefficient (Wildman–Crippen LogP) is 3.29. The molecule has 3 rings (SSSR count). The molecule has 0 radical (unpaired) electrons. The summed E-state index contributed by atoms with van der Waals surface area (Å²) in [4.78, 5) is 24.0. The van der Waals surface area contributed by atoms with Gasteiger partial charge in [-0.15, -0.1) is 0 Å². The summed E-state index contributed by atoms with van der Waals surface area (Å²) in [7, 11) is 0. The van der Waals surface area contributed by atoms with Crippen LogP contribution in [0.1, 0.15) is 76.2 Å². The van der Waals surface area contributed by atoms with E-state index in [1.165, 1.54) is 6.42 Å². The number of rotatable bonds is 13. The van der Waals surface area contributed by atoms with E-state index in [0.29, 0.717) is 25.8 Å². The molecule has 4 N–H and O–H groups in total. The van der Waals surface area contributed by atoms with Gasteiger partial charge in [0.15, 0.2) is 5.78 Å². The number of hydrogen-bond acceptors (Lipinski definition) is 6. The van der Waals surface area contributed by atoms with Crippen molar-refractivity contribution < 1.29 is 24.9 Å². The smallest absolute Gasteiger partial charge is 0.303 e. The van der Waals surface area contributed by atoms with Crippen LogP contribution in [0.2, 0.25) is 0 Å². The Kier molecular flexibility index (Phi) is 10.3. The minimum absolute atomic E-state index is 0.0385. The highest BCUT2D eigenvalue weighted by molar-refractivity contribution is 5.89. The van der Waals surface area contributed by atoms with Gasteiger partial charge in [-0.3, -0.25) is 9.59 Å². The van der Waals surface area contributed by atoms with Crippen LogP contribution in [0.15, 0.2) is 30.3 Å². The van der Waals surface area contributed by atoms with E-state index in [-0.39, 0.29) is 18.1 Å². The molecule has 1 aliphatic heterocycles. The molecule has 0 spiro atoms. The Morgan fingerprint density at radius 2 is 1.76 bits per heavy atom. The van der Waals surface area contributed by atoms with E-state index in [2.05, 4.69) is 5.43 Å². The summed E-state index contributed by atoms with van der Waals surface area (Å²) in [6.07, 6.45) is 8.54. The van der Waals surface area contributed by atoms with Crippen LogP contribution >= 0.6 is 0 Å². The second-order valence-electron chi connectivity index (χ2n) is 9.71. The number of aliphatic carboxylic acids is 1. The number of hydrogen-bond donors (Lipinski definition) is 4. The number of carboxylic acids is 1. The highest BCUT2D eigenvalue weighted by Gasteiger charge is 2.47. The zero-order chi connectivity index (χ0) is 23.6. The van der Waals surface area contributed by atoms with Crippen LogP contribution < -0.4 is 5.43 Å². The minimum atomic E-state index is -0.937. The maximum atomic E-state index is 13.3. The first kappa shape index (κ1) is 25.8. The lowest BCUT2D eigenvalue weighted by Crippen LogP contribution is -2.51. The van der Waals surface area contributed by atoms with Gasteiger partial charge >= 0.3 is 5.97 Å². The molecule has 2 aliphatic rings. The van der Waals surface area contributed by atoms with Gasteiger partial charge in [0.25, 0.3) is 0 Å². The Morgan fingerprint density at radius 3 is 2.45 bits per heavy atom. The lowest BCUT2D eigenvalue weighted by atomic mass is 9.85. The first-order valence-corrected chi connectivity index (χ1v) is 12.6.